The van der Waals surface area contributed by atoms with Gasteiger partial charge in [-0.15, -0.1) is 21.8 Å². The summed E-state index contributed by atoms with van der Waals surface area (Å²) < 4.78 is 36.9. The first-order valence-electron chi connectivity index (χ1n) is 4.89. The zero-order valence-electron chi connectivity index (χ0n) is 9.72. The van der Waals surface area contributed by atoms with Crippen molar-refractivity contribution in [1.29, 1.82) is 0 Å². The van der Waals surface area contributed by atoms with E-state index in [1.54, 1.807) is 11.9 Å². The average molecular weight is 268 g/mol. The number of hydrogen-bond donors (Lipinski definition) is 0. The maximum Gasteiger partial charge on any atom is 0.435 e. The third-order valence-electron chi connectivity index (χ3n) is 2.52. The van der Waals surface area contributed by atoms with E-state index < -0.39 is 17.4 Å². The quantitative estimate of drug-likeness (QED) is 0.789. The summed E-state index contributed by atoms with van der Waals surface area (Å²) in [5, 5.41) is 6.72. The molecule has 0 aliphatic carbocycles. The second-order valence-corrected chi connectivity index (χ2v) is 4.55. The summed E-state index contributed by atoms with van der Waals surface area (Å²) >= 11 is 5.77. The zero-order valence-corrected chi connectivity index (χ0v) is 10.5. The summed E-state index contributed by atoms with van der Waals surface area (Å²) in [6.07, 6.45) is -4.47. The van der Waals surface area contributed by atoms with Crippen LogP contribution in [0.2, 0.25) is 0 Å². The highest BCUT2D eigenvalue weighted by Crippen LogP contribution is 2.28. The average Bonchev–Trinajstić information content (AvgIpc) is 2.27. The van der Waals surface area contributed by atoms with Gasteiger partial charge in [0.1, 0.15) is 0 Å². The van der Waals surface area contributed by atoms with Gasteiger partial charge in [0, 0.05) is 18.5 Å². The molecule has 0 atom stereocenters. The summed E-state index contributed by atoms with van der Waals surface area (Å²) in [6.45, 7) is 3.72. The summed E-state index contributed by atoms with van der Waals surface area (Å²) in [7, 11) is 1.71. The largest absolute Gasteiger partial charge is 0.435 e. The normalized spacial score (nSPS) is 12.6. The summed E-state index contributed by atoms with van der Waals surface area (Å²) in [5.41, 5.74) is -1.41. The van der Waals surface area contributed by atoms with Crippen molar-refractivity contribution in [3.8, 4) is 0 Å². The molecule has 0 fully saturated rings. The highest BCUT2D eigenvalue weighted by atomic mass is 35.5. The Bertz CT molecular complexity index is 375. The standard InChI is InChI=1S/C10H13ClF3N3/c1-9(2,6-11)17(3)8-5-4-7(15-16-8)10(12,13)14/h4-5H,6H2,1-3H3. The number of nitrogens with zero attached hydrogens (tertiary/aromatic N) is 3. The van der Waals surface area contributed by atoms with E-state index in [9.17, 15) is 13.2 Å². The molecule has 0 bridgehead atoms. The van der Waals surface area contributed by atoms with Gasteiger partial charge in [0.2, 0.25) is 0 Å². The molecule has 7 heteroatoms. The molecule has 1 aromatic rings. The first kappa shape index (κ1) is 14.0. The lowest BCUT2D eigenvalue weighted by Gasteiger charge is -2.34. The van der Waals surface area contributed by atoms with E-state index in [0.717, 1.165) is 6.07 Å². The van der Waals surface area contributed by atoms with Crippen LogP contribution in [0.15, 0.2) is 12.1 Å². The smallest absolute Gasteiger partial charge is 0.352 e. The van der Waals surface area contributed by atoms with Gasteiger partial charge in [-0.3, -0.25) is 0 Å². The third kappa shape index (κ3) is 3.21. The Morgan fingerprint density at radius 3 is 2.18 bits per heavy atom. The molecule has 0 spiro atoms. The molecule has 0 aliphatic rings. The lowest BCUT2D eigenvalue weighted by Crippen LogP contribution is -2.43. The number of alkyl halides is 4. The van der Waals surface area contributed by atoms with Gasteiger partial charge in [-0.1, -0.05) is 0 Å². The van der Waals surface area contributed by atoms with Gasteiger partial charge in [-0.25, -0.2) is 0 Å². The molecule has 3 nitrogen and oxygen atoms in total. The van der Waals surface area contributed by atoms with Crippen LogP contribution in [0.4, 0.5) is 19.0 Å². The Morgan fingerprint density at radius 1 is 1.24 bits per heavy atom. The van der Waals surface area contributed by atoms with E-state index in [-0.39, 0.29) is 0 Å². The Morgan fingerprint density at radius 2 is 1.82 bits per heavy atom. The second-order valence-electron chi connectivity index (χ2n) is 4.28. The minimum atomic E-state index is -4.47. The molecule has 0 aromatic carbocycles. The Hall–Kier alpha value is -1.04. The molecule has 17 heavy (non-hydrogen) atoms. The van der Waals surface area contributed by atoms with E-state index >= 15 is 0 Å². The molecule has 0 N–H and O–H groups in total. The van der Waals surface area contributed by atoms with Crippen molar-refractivity contribution < 1.29 is 13.2 Å². The van der Waals surface area contributed by atoms with E-state index in [1.807, 2.05) is 13.8 Å². The Labute approximate surface area is 103 Å². The van der Waals surface area contributed by atoms with Gasteiger partial charge in [-0.05, 0) is 26.0 Å². The fourth-order valence-electron chi connectivity index (χ4n) is 1.06. The van der Waals surface area contributed by atoms with Gasteiger partial charge in [0.25, 0.3) is 0 Å². The van der Waals surface area contributed by atoms with Gasteiger partial charge in [0.15, 0.2) is 11.5 Å². The summed E-state index contributed by atoms with van der Waals surface area (Å²) in [6, 6.07) is 2.19. The highest BCUT2D eigenvalue weighted by Gasteiger charge is 2.33. The van der Waals surface area contributed by atoms with Gasteiger partial charge < -0.3 is 4.90 Å². The van der Waals surface area contributed by atoms with Crippen molar-refractivity contribution in [3.63, 3.8) is 0 Å². The van der Waals surface area contributed by atoms with Crippen molar-refractivity contribution in [2.45, 2.75) is 25.6 Å². The monoisotopic (exact) mass is 267 g/mol. The Balaban J connectivity index is 2.96. The van der Waals surface area contributed by atoms with E-state index in [1.165, 1.54) is 6.07 Å². The zero-order chi connectivity index (χ0) is 13.3. The molecule has 0 unspecified atom stereocenters. The second kappa shape index (κ2) is 4.68. The SMILES string of the molecule is CN(c1ccc(C(F)(F)F)nn1)C(C)(C)CCl. The minimum absolute atomic E-state index is 0.326. The number of rotatable bonds is 3. The molecule has 0 radical (unpaired) electrons. The highest BCUT2D eigenvalue weighted by molar-refractivity contribution is 6.18. The molecular weight excluding hydrogens is 255 g/mol. The lowest BCUT2D eigenvalue weighted by molar-refractivity contribution is -0.141. The minimum Gasteiger partial charge on any atom is -0.352 e. The lowest BCUT2D eigenvalue weighted by atomic mass is 10.1. The van der Waals surface area contributed by atoms with Crippen LogP contribution in [0.3, 0.4) is 0 Å². The molecule has 96 valence electrons. The predicted octanol–water partition coefficient (Wildman–Crippen LogP) is 2.95. The van der Waals surface area contributed by atoms with Gasteiger partial charge in [0.05, 0.1) is 0 Å². The van der Waals surface area contributed by atoms with Crippen molar-refractivity contribution in [2.75, 3.05) is 17.8 Å². The van der Waals surface area contributed by atoms with Crippen molar-refractivity contribution >= 4 is 17.4 Å². The first-order chi connectivity index (χ1) is 7.68. The summed E-state index contributed by atoms with van der Waals surface area (Å²) in [4.78, 5) is 1.69. The molecule has 1 rings (SSSR count). The van der Waals surface area contributed by atoms with Crippen LogP contribution in [0.1, 0.15) is 19.5 Å². The predicted molar refractivity (Wildman–Crippen MR) is 60.2 cm³/mol. The first-order valence-corrected chi connectivity index (χ1v) is 5.42. The van der Waals surface area contributed by atoms with E-state index in [2.05, 4.69) is 10.2 Å². The van der Waals surface area contributed by atoms with Crippen LogP contribution >= 0.6 is 11.6 Å². The molecule has 0 saturated heterocycles. The molecule has 0 saturated carbocycles. The van der Waals surface area contributed by atoms with Crippen molar-refractivity contribution in [2.24, 2.45) is 0 Å². The van der Waals surface area contributed by atoms with Crippen molar-refractivity contribution in [1.82, 2.24) is 10.2 Å². The fourth-order valence-corrected chi connectivity index (χ4v) is 1.23. The van der Waals surface area contributed by atoms with Crippen LogP contribution in [-0.4, -0.2) is 28.7 Å². The molecular formula is C10H13ClF3N3. The van der Waals surface area contributed by atoms with Crippen molar-refractivity contribution in [3.05, 3.63) is 17.8 Å². The van der Waals surface area contributed by atoms with Crippen LogP contribution < -0.4 is 4.90 Å². The van der Waals surface area contributed by atoms with Gasteiger partial charge in [-0.2, -0.15) is 13.2 Å². The van der Waals surface area contributed by atoms with E-state index in [0.29, 0.717) is 11.7 Å². The number of hydrogen-bond acceptors (Lipinski definition) is 3. The van der Waals surface area contributed by atoms with Crippen LogP contribution in [-0.2, 0) is 6.18 Å². The Kier molecular flexibility index (Phi) is 3.86. The topological polar surface area (TPSA) is 29.0 Å². The molecule has 0 aliphatic heterocycles. The maximum absolute atomic E-state index is 12.3. The number of halogens is 4. The molecule has 0 amide bonds. The third-order valence-corrected chi connectivity index (χ3v) is 3.17. The van der Waals surface area contributed by atoms with E-state index in [4.69, 9.17) is 11.6 Å². The van der Waals surface area contributed by atoms with Crippen LogP contribution in [0, 0.1) is 0 Å². The fraction of sp³-hybridized carbons (Fsp3) is 0.600. The summed E-state index contributed by atoms with van der Waals surface area (Å²) in [5.74, 6) is 0.676. The maximum atomic E-state index is 12.3. The van der Waals surface area contributed by atoms with Gasteiger partial charge >= 0.3 is 6.18 Å². The van der Waals surface area contributed by atoms with Crippen LogP contribution in [0.25, 0.3) is 0 Å². The molecule has 1 aromatic heterocycles. The number of anilines is 1. The number of aromatic nitrogens is 2. The van der Waals surface area contributed by atoms with Crippen LogP contribution in [0.5, 0.6) is 0 Å². The molecule has 1 heterocycles.